The van der Waals surface area contributed by atoms with E-state index >= 15 is 0 Å². The topological polar surface area (TPSA) is 36.9 Å². The van der Waals surface area contributed by atoms with E-state index < -0.39 is 11.2 Å². The van der Waals surface area contributed by atoms with Crippen LogP contribution in [0.3, 0.4) is 0 Å². The van der Waals surface area contributed by atoms with Gasteiger partial charge in [-0.25, -0.2) is 0 Å². The van der Waals surface area contributed by atoms with Crippen LogP contribution < -0.4 is 0 Å². The fourth-order valence-corrected chi connectivity index (χ4v) is 2.11. The van der Waals surface area contributed by atoms with Crippen molar-refractivity contribution in [3.05, 3.63) is 0 Å². The van der Waals surface area contributed by atoms with Gasteiger partial charge >= 0.3 is 14.4 Å². The van der Waals surface area contributed by atoms with Crippen LogP contribution in [0.15, 0.2) is 0 Å². The summed E-state index contributed by atoms with van der Waals surface area (Å²) in [6.45, 7) is 16.2. The number of halogens is 1. The van der Waals surface area contributed by atoms with Gasteiger partial charge in [0.15, 0.2) is 0 Å². The SMILES string of the molecule is CC(C)(OI)C(C)(C)OBB1OC(C)(C)C(C)(C)O1. The summed E-state index contributed by atoms with van der Waals surface area (Å²) in [6, 6.07) is 0. The van der Waals surface area contributed by atoms with E-state index in [9.17, 15) is 0 Å². The quantitative estimate of drug-likeness (QED) is 0.542. The molecule has 1 fully saturated rings. The summed E-state index contributed by atoms with van der Waals surface area (Å²) in [7, 11) is 0.0535. The monoisotopic (exact) mass is 382 g/mol. The fourth-order valence-electron chi connectivity index (χ4n) is 1.58. The van der Waals surface area contributed by atoms with Gasteiger partial charge in [0.2, 0.25) is 0 Å². The smallest absolute Gasteiger partial charge is 0.434 e. The first kappa shape index (κ1) is 17.8. The third kappa shape index (κ3) is 3.67. The van der Waals surface area contributed by atoms with Crippen molar-refractivity contribution in [2.24, 2.45) is 0 Å². The molecule has 0 bridgehead atoms. The molecule has 1 aliphatic rings. The lowest BCUT2D eigenvalue weighted by Gasteiger charge is -2.39. The van der Waals surface area contributed by atoms with Crippen LogP contribution in [0.4, 0.5) is 0 Å². The maximum Gasteiger partial charge on any atom is 0.441 e. The third-order valence-corrected chi connectivity index (χ3v) is 5.63. The first-order valence-electron chi connectivity index (χ1n) is 6.64. The Morgan fingerprint density at radius 3 is 1.74 bits per heavy atom. The zero-order chi connectivity index (χ0) is 15.1. The van der Waals surface area contributed by atoms with Gasteiger partial charge in [-0.1, -0.05) is 0 Å². The second kappa shape index (κ2) is 5.48. The fraction of sp³-hybridized carbons (Fsp3) is 1.00. The summed E-state index contributed by atoms with van der Waals surface area (Å²) in [4.78, 5) is 0. The maximum absolute atomic E-state index is 5.98. The van der Waals surface area contributed by atoms with Gasteiger partial charge in [-0.05, 0) is 55.4 Å². The van der Waals surface area contributed by atoms with Gasteiger partial charge in [0.25, 0.3) is 0 Å². The Kier molecular flexibility index (Phi) is 5.12. The van der Waals surface area contributed by atoms with E-state index in [1.807, 2.05) is 78.4 Å². The van der Waals surface area contributed by atoms with Crippen molar-refractivity contribution in [3.8, 4) is 0 Å². The van der Waals surface area contributed by atoms with Crippen molar-refractivity contribution < 1.29 is 17.0 Å². The molecule has 0 saturated carbocycles. The molecule has 110 valence electrons. The second-order valence-corrected chi connectivity index (χ2v) is 7.54. The third-order valence-electron chi connectivity index (χ3n) is 4.53. The summed E-state index contributed by atoms with van der Waals surface area (Å²) in [6.07, 6.45) is 0. The molecule has 1 aliphatic heterocycles. The van der Waals surface area contributed by atoms with Crippen molar-refractivity contribution in [1.82, 2.24) is 0 Å². The molecule has 0 aromatic rings. The highest BCUT2D eigenvalue weighted by Crippen LogP contribution is 2.37. The number of hydrogen-bond acceptors (Lipinski definition) is 4. The number of hydrogen-bond donors (Lipinski definition) is 0. The first-order valence-corrected chi connectivity index (χ1v) is 7.52. The van der Waals surface area contributed by atoms with Crippen LogP contribution >= 0.6 is 23.0 Å². The molecule has 0 aliphatic carbocycles. The largest absolute Gasteiger partial charge is 0.441 e. The maximum atomic E-state index is 5.98. The van der Waals surface area contributed by atoms with Crippen LogP contribution in [0.5, 0.6) is 0 Å². The summed E-state index contributed by atoms with van der Waals surface area (Å²) in [5.41, 5.74) is -1.46. The average Bonchev–Trinajstić information content (AvgIpc) is 2.45. The van der Waals surface area contributed by atoms with E-state index in [1.54, 1.807) is 0 Å². The molecule has 0 radical (unpaired) electrons. The summed E-state index contributed by atoms with van der Waals surface area (Å²) in [5, 5.41) is 0. The van der Waals surface area contributed by atoms with Gasteiger partial charge < -0.3 is 17.0 Å². The molecule has 7 heteroatoms. The lowest BCUT2D eigenvalue weighted by atomic mass is 9.55. The zero-order valence-corrected chi connectivity index (χ0v) is 15.5. The molecule has 0 N–H and O–H groups in total. The Labute approximate surface area is 132 Å². The molecule has 19 heavy (non-hydrogen) atoms. The predicted octanol–water partition coefficient (Wildman–Crippen LogP) is 2.87. The van der Waals surface area contributed by atoms with Crippen LogP contribution in [-0.4, -0.2) is 36.8 Å². The van der Waals surface area contributed by atoms with E-state index in [-0.39, 0.29) is 18.2 Å². The molecule has 4 nitrogen and oxygen atoms in total. The van der Waals surface area contributed by atoms with Gasteiger partial charge in [0.1, 0.15) is 28.6 Å². The average molecular weight is 382 g/mol. The van der Waals surface area contributed by atoms with E-state index in [1.165, 1.54) is 0 Å². The molecule has 1 saturated heterocycles. The van der Waals surface area contributed by atoms with Crippen molar-refractivity contribution >= 4 is 37.4 Å². The summed E-state index contributed by atoms with van der Waals surface area (Å²) >= 11 is 1.91. The molecule has 0 aromatic carbocycles. The van der Waals surface area contributed by atoms with E-state index in [0.29, 0.717) is 7.37 Å². The molecule has 0 amide bonds. The highest BCUT2D eigenvalue weighted by Gasteiger charge is 2.52. The second-order valence-electron chi connectivity index (χ2n) is 7.09. The first-order chi connectivity index (χ1) is 8.35. The van der Waals surface area contributed by atoms with Gasteiger partial charge in [-0.15, -0.1) is 0 Å². The molecular formula is C12H25B2IO4. The summed E-state index contributed by atoms with van der Waals surface area (Å²) in [5.74, 6) is 0. The Balaban J connectivity index is 2.61. The van der Waals surface area contributed by atoms with Crippen molar-refractivity contribution in [2.45, 2.75) is 77.8 Å². The molecule has 0 unspecified atom stereocenters. The standard InChI is InChI=1S/C12H25B2IO4/c1-9(2,12(7,8)19-15)16-13-14-17-10(3,4)11(5,6)18-14/h13H,1-8H3. The van der Waals surface area contributed by atoms with Crippen LogP contribution in [-0.2, 0) is 17.0 Å². The molecule has 1 rings (SSSR count). The minimum atomic E-state index is -0.433. The van der Waals surface area contributed by atoms with Crippen LogP contribution in [0.2, 0.25) is 0 Å². The molecule has 1 heterocycles. The van der Waals surface area contributed by atoms with Gasteiger partial charge in [0.05, 0.1) is 16.8 Å². The Hall–Kier alpha value is 0.700. The highest BCUT2D eigenvalue weighted by atomic mass is 127. The summed E-state index contributed by atoms with van der Waals surface area (Å²) < 4.78 is 23.3. The highest BCUT2D eigenvalue weighted by molar-refractivity contribution is 14.1. The lowest BCUT2D eigenvalue weighted by molar-refractivity contribution is -0.0482. The molecule has 0 atom stereocenters. The van der Waals surface area contributed by atoms with Crippen LogP contribution in [0.25, 0.3) is 0 Å². The van der Waals surface area contributed by atoms with E-state index in [0.717, 1.165) is 0 Å². The lowest BCUT2D eigenvalue weighted by Crippen LogP contribution is -2.50. The van der Waals surface area contributed by atoms with Gasteiger partial charge in [-0.2, -0.15) is 0 Å². The molecular weight excluding hydrogens is 357 g/mol. The molecule has 0 spiro atoms. The van der Waals surface area contributed by atoms with Crippen LogP contribution in [0, 0.1) is 0 Å². The van der Waals surface area contributed by atoms with Crippen molar-refractivity contribution in [2.75, 3.05) is 0 Å². The van der Waals surface area contributed by atoms with Crippen molar-refractivity contribution in [1.29, 1.82) is 0 Å². The van der Waals surface area contributed by atoms with Gasteiger partial charge in [0, 0.05) is 0 Å². The Bertz CT molecular complexity index is 316. The zero-order valence-electron chi connectivity index (χ0n) is 13.3. The number of rotatable bonds is 5. The minimum Gasteiger partial charge on any atom is -0.434 e. The Morgan fingerprint density at radius 1 is 0.947 bits per heavy atom. The van der Waals surface area contributed by atoms with Crippen LogP contribution in [0.1, 0.15) is 55.4 Å². The normalized spacial score (nSPS) is 22.7. The van der Waals surface area contributed by atoms with Crippen molar-refractivity contribution in [3.63, 3.8) is 0 Å². The van der Waals surface area contributed by atoms with Gasteiger partial charge in [-0.3, -0.25) is 0 Å². The predicted molar refractivity (Wildman–Crippen MR) is 87.6 cm³/mol. The minimum absolute atomic E-state index is 0.319. The molecule has 0 aromatic heterocycles. The van der Waals surface area contributed by atoms with E-state index in [2.05, 4.69) is 0 Å². The van der Waals surface area contributed by atoms with E-state index in [4.69, 9.17) is 17.0 Å². The Morgan fingerprint density at radius 2 is 1.37 bits per heavy atom.